The molecule has 4 heteroatoms. The van der Waals surface area contributed by atoms with Crippen molar-refractivity contribution in [2.24, 2.45) is 17.3 Å². The normalized spacial score (nSPS) is 33.6. The molecule has 0 aliphatic heterocycles. The van der Waals surface area contributed by atoms with Crippen LogP contribution < -0.4 is 0 Å². The van der Waals surface area contributed by atoms with Gasteiger partial charge < -0.3 is 0 Å². The fourth-order valence-corrected chi connectivity index (χ4v) is 4.10. The summed E-state index contributed by atoms with van der Waals surface area (Å²) in [5.74, 6) is 1.07. The van der Waals surface area contributed by atoms with E-state index in [1.165, 1.54) is 18.6 Å². The lowest BCUT2D eigenvalue weighted by molar-refractivity contribution is 0.294. The van der Waals surface area contributed by atoms with E-state index in [9.17, 15) is 8.78 Å². The minimum Gasteiger partial charge on any atom is -0.207 e. The molecular weight excluding hydrogens is 322 g/mol. The lowest BCUT2D eigenvalue weighted by Gasteiger charge is -2.29. The molecule has 0 saturated heterocycles. The third kappa shape index (κ3) is 2.09. The first-order valence-electron chi connectivity index (χ1n) is 6.23. The molecule has 0 N–H and O–H groups in total. The van der Waals surface area contributed by atoms with Gasteiger partial charge in [0.1, 0.15) is 11.6 Å². The van der Waals surface area contributed by atoms with E-state index in [1.54, 1.807) is 0 Å². The third-order valence-corrected chi connectivity index (χ3v) is 5.61. The summed E-state index contributed by atoms with van der Waals surface area (Å²) < 4.78 is 28.1. The van der Waals surface area contributed by atoms with E-state index in [0.717, 1.165) is 24.7 Å². The first-order chi connectivity index (χ1) is 8.54. The first kappa shape index (κ1) is 12.9. The van der Waals surface area contributed by atoms with Crippen molar-refractivity contribution < 1.29 is 8.78 Å². The molecule has 0 bridgehead atoms. The molecule has 2 aliphatic rings. The van der Waals surface area contributed by atoms with Crippen molar-refractivity contribution in [3.05, 3.63) is 33.8 Å². The average molecular weight is 336 g/mol. The average Bonchev–Trinajstić information content (AvgIpc) is 2.98. The second kappa shape index (κ2) is 4.45. The minimum absolute atomic E-state index is 0.0996. The van der Waals surface area contributed by atoms with E-state index < -0.39 is 11.6 Å². The molecule has 2 saturated carbocycles. The van der Waals surface area contributed by atoms with Gasteiger partial charge in [-0.3, -0.25) is 0 Å². The Kier molecular flexibility index (Phi) is 3.18. The van der Waals surface area contributed by atoms with Crippen LogP contribution in [0.2, 0.25) is 0 Å². The quantitative estimate of drug-likeness (QED) is 0.543. The smallest absolute Gasteiger partial charge is 0.143 e. The summed E-state index contributed by atoms with van der Waals surface area (Å²) in [4.78, 5) is 0. The zero-order chi connectivity index (χ0) is 12.9. The maximum Gasteiger partial charge on any atom is 0.143 e. The summed E-state index contributed by atoms with van der Waals surface area (Å²) >= 11 is 9.20. The van der Waals surface area contributed by atoms with Crippen LogP contribution in [0.1, 0.15) is 24.8 Å². The highest BCUT2D eigenvalue weighted by molar-refractivity contribution is 9.10. The Hall–Kier alpha value is -0.150. The Balaban J connectivity index is 1.89. The van der Waals surface area contributed by atoms with E-state index in [4.69, 9.17) is 11.6 Å². The SMILES string of the molecule is Fc1ccc(Br)c(F)c1CC1(CCl)CC2CC2C1. The summed E-state index contributed by atoms with van der Waals surface area (Å²) in [6.45, 7) is 0. The zero-order valence-electron chi connectivity index (χ0n) is 9.86. The van der Waals surface area contributed by atoms with Gasteiger partial charge in [-0.25, -0.2) is 8.78 Å². The number of hydrogen-bond donors (Lipinski definition) is 0. The molecule has 98 valence electrons. The highest BCUT2D eigenvalue weighted by atomic mass is 79.9. The lowest BCUT2D eigenvalue weighted by Crippen LogP contribution is -2.25. The number of alkyl halides is 1. The fourth-order valence-electron chi connectivity index (χ4n) is 3.41. The molecule has 18 heavy (non-hydrogen) atoms. The molecular formula is C14H14BrClF2. The van der Waals surface area contributed by atoms with Gasteiger partial charge in [0.25, 0.3) is 0 Å². The van der Waals surface area contributed by atoms with Crippen LogP contribution in [0.3, 0.4) is 0 Å². The highest BCUT2D eigenvalue weighted by Crippen LogP contribution is 2.61. The minimum atomic E-state index is -0.472. The molecule has 2 unspecified atom stereocenters. The predicted molar refractivity (Wildman–Crippen MR) is 71.7 cm³/mol. The van der Waals surface area contributed by atoms with Crippen molar-refractivity contribution in [2.75, 3.05) is 5.88 Å². The molecule has 0 nitrogen and oxygen atoms in total. The molecule has 0 aromatic heterocycles. The van der Waals surface area contributed by atoms with Gasteiger partial charge in [-0.05, 0) is 71.0 Å². The van der Waals surface area contributed by atoms with Gasteiger partial charge in [-0.15, -0.1) is 11.6 Å². The molecule has 0 amide bonds. The Labute approximate surface area is 119 Å². The van der Waals surface area contributed by atoms with Gasteiger partial charge in [0, 0.05) is 11.4 Å². The molecule has 0 spiro atoms. The van der Waals surface area contributed by atoms with Crippen molar-refractivity contribution in [3.8, 4) is 0 Å². The van der Waals surface area contributed by atoms with E-state index >= 15 is 0 Å². The monoisotopic (exact) mass is 334 g/mol. The predicted octanol–water partition coefficient (Wildman–Crippen LogP) is 4.92. The molecule has 1 aromatic carbocycles. The van der Waals surface area contributed by atoms with Crippen molar-refractivity contribution >= 4 is 27.5 Å². The zero-order valence-corrected chi connectivity index (χ0v) is 12.2. The molecule has 0 radical (unpaired) electrons. The highest BCUT2D eigenvalue weighted by Gasteiger charge is 2.53. The molecule has 2 fully saturated rings. The van der Waals surface area contributed by atoms with Crippen LogP contribution in [-0.2, 0) is 6.42 Å². The Morgan fingerprint density at radius 3 is 2.56 bits per heavy atom. The summed E-state index contributed by atoms with van der Waals surface area (Å²) in [7, 11) is 0. The number of hydrogen-bond acceptors (Lipinski definition) is 0. The topological polar surface area (TPSA) is 0 Å². The molecule has 0 heterocycles. The van der Waals surface area contributed by atoms with Crippen LogP contribution >= 0.6 is 27.5 Å². The van der Waals surface area contributed by atoms with Gasteiger partial charge in [0.15, 0.2) is 0 Å². The van der Waals surface area contributed by atoms with Crippen molar-refractivity contribution in [1.29, 1.82) is 0 Å². The largest absolute Gasteiger partial charge is 0.207 e. The van der Waals surface area contributed by atoms with Gasteiger partial charge in [-0.1, -0.05) is 0 Å². The van der Waals surface area contributed by atoms with Crippen LogP contribution in [-0.4, -0.2) is 5.88 Å². The summed E-state index contributed by atoms with van der Waals surface area (Å²) in [6.07, 6.45) is 3.74. The van der Waals surface area contributed by atoms with Crippen LogP contribution in [0.25, 0.3) is 0 Å². The molecule has 3 rings (SSSR count). The van der Waals surface area contributed by atoms with Gasteiger partial charge in [-0.2, -0.15) is 0 Å². The van der Waals surface area contributed by atoms with E-state index in [-0.39, 0.29) is 11.0 Å². The van der Waals surface area contributed by atoms with E-state index in [0.29, 0.717) is 16.8 Å². The van der Waals surface area contributed by atoms with Gasteiger partial charge in [0.05, 0.1) is 4.47 Å². The van der Waals surface area contributed by atoms with Crippen LogP contribution in [0.4, 0.5) is 8.78 Å². The maximum atomic E-state index is 14.0. The second-order valence-electron chi connectivity index (χ2n) is 5.80. The summed E-state index contributed by atoms with van der Waals surface area (Å²) in [6, 6.07) is 2.73. The number of halogens is 4. The number of fused-ring (bicyclic) bond motifs is 1. The van der Waals surface area contributed by atoms with Crippen LogP contribution in [0.15, 0.2) is 16.6 Å². The standard InChI is InChI=1S/C14H14BrClF2/c15-11-1-2-12(17)10(13(11)18)6-14(7-16)4-8-3-9(8)5-14/h1-2,8-9H,3-7H2. The van der Waals surface area contributed by atoms with Crippen LogP contribution in [0, 0.1) is 28.9 Å². The Bertz CT molecular complexity index is 479. The van der Waals surface area contributed by atoms with E-state index in [1.807, 2.05) is 0 Å². The lowest BCUT2D eigenvalue weighted by atomic mass is 9.79. The van der Waals surface area contributed by atoms with Crippen LogP contribution in [0.5, 0.6) is 0 Å². The summed E-state index contributed by atoms with van der Waals surface area (Å²) in [5, 5.41) is 0. The van der Waals surface area contributed by atoms with Crippen molar-refractivity contribution in [3.63, 3.8) is 0 Å². The fraction of sp³-hybridized carbons (Fsp3) is 0.571. The van der Waals surface area contributed by atoms with Crippen molar-refractivity contribution in [1.82, 2.24) is 0 Å². The third-order valence-electron chi connectivity index (χ3n) is 4.43. The van der Waals surface area contributed by atoms with Crippen molar-refractivity contribution in [2.45, 2.75) is 25.7 Å². The van der Waals surface area contributed by atoms with Gasteiger partial charge >= 0.3 is 0 Å². The maximum absolute atomic E-state index is 14.0. The number of rotatable bonds is 3. The van der Waals surface area contributed by atoms with Gasteiger partial charge in [0.2, 0.25) is 0 Å². The Morgan fingerprint density at radius 1 is 1.28 bits per heavy atom. The molecule has 2 atom stereocenters. The molecule has 1 aromatic rings. The molecule has 2 aliphatic carbocycles. The summed E-state index contributed by atoms with van der Waals surface area (Å²) in [5.41, 5.74) is 0.0868. The number of benzene rings is 1. The van der Waals surface area contributed by atoms with E-state index in [2.05, 4.69) is 15.9 Å². The first-order valence-corrected chi connectivity index (χ1v) is 7.56. The Morgan fingerprint density at radius 2 is 1.94 bits per heavy atom. The second-order valence-corrected chi connectivity index (χ2v) is 6.92.